The highest BCUT2D eigenvalue weighted by molar-refractivity contribution is 7.51. The molecule has 0 saturated heterocycles. The molecule has 2 aliphatic rings. The average molecular weight is 305 g/mol. The maximum Gasteiger partial charge on any atom is 0.350 e. The molecular weight excluding hydrogens is 289 g/mol. The number of hydrogen-bond acceptors (Lipinski definition) is 8. The zero-order valence-corrected chi connectivity index (χ0v) is 11.7. The van der Waals surface area contributed by atoms with Gasteiger partial charge in [-0.05, 0) is 0 Å². The van der Waals surface area contributed by atoms with Crippen molar-refractivity contribution in [2.24, 2.45) is 20.7 Å². The summed E-state index contributed by atoms with van der Waals surface area (Å²) in [5, 5.41) is 0. The first-order chi connectivity index (χ1) is 9.40. The largest absolute Gasteiger partial charge is 0.482 e. The second kappa shape index (κ2) is 5.88. The molecule has 11 heteroatoms. The van der Waals surface area contributed by atoms with Crippen molar-refractivity contribution in [2.75, 3.05) is 26.6 Å². The Morgan fingerprint density at radius 3 is 2.95 bits per heavy atom. The lowest BCUT2D eigenvalue weighted by Crippen LogP contribution is -2.44. The van der Waals surface area contributed by atoms with E-state index in [1.807, 2.05) is 0 Å². The van der Waals surface area contributed by atoms with Crippen LogP contribution in [0.2, 0.25) is 0 Å². The van der Waals surface area contributed by atoms with Gasteiger partial charge in [-0.25, -0.2) is 4.99 Å². The molecule has 2 heterocycles. The summed E-state index contributed by atoms with van der Waals surface area (Å²) in [5.41, 5.74) is 5.60. The van der Waals surface area contributed by atoms with Crippen LogP contribution in [0.5, 0.6) is 0 Å². The number of rotatable bonds is 5. The van der Waals surface area contributed by atoms with E-state index in [9.17, 15) is 4.57 Å². The third-order valence-corrected chi connectivity index (χ3v) is 3.22. The Hall–Kier alpha value is -1.48. The Kier molecular flexibility index (Phi) is 4.39. The van der Waals surface area contributed by atoms with Crippen LogP contribution in [-0.2, 0) is 14.0 Å². The molecule has 0 amide bonds. The molecule has 0 aromatic heterocycles. The van der Waals surface area contributed by atoms with E-state index >= 15 is 0 Å². The predicted octanol–water partition coefficient (Wildman–Crippen LogP) is -1.45. The van der Waals surface area contributed by atoms with Crippen molar-refractivity contribution in [2.45, 2.75) is 12.2 Å². The molecule has 2 rings (SSSR count). The van der Waals surface area contributed by atoms with Gasteiger partial charge < -0.3 is 29.9 Å². The highest BCUT2D eigenvalue weighted by atomic mass is 31.2. The number of guanidine groups is 1. The highest BCUT2D eigenvalue weighted by Gasteiger charge is 2.37. The van der Waals surface area contributed by atoms with Gasteiger partial charge in [0.05, 0.1) is 20.1 Å². The first kappa shape index (κ1) is 14.9. The molecule has 2 aliphatic heterocycles. The predicted molar refractivity (Wildman–Crippen MR) is 71.7 cm³/mol. The summed E-state index contributed by atoms with van der Waals surface area (Å²) in [4.78, 5) is 31.5. The van der Waals surface area contributed by atoms with Crippen LogP contribution in [0, 0.1) is 0 Å². The van der Waals surface area contributed by atoms with Gasteiger partial charge in [0.1, 0.15) is 6.35 Å². The van der Waals surface area contributed by atoms with Crippen LogP contribution < -0.4 is 5.73 Å². The highest BCUT2D eigenvalue weighted by Crippen LogP contribution is 2.33. The molecule has 10 nitrogen and oxygen atoms in total. The van der Waals surface area contributed by atoms with E-state index in [2.05, 4.69) is 15.0 Å². The molecule has 0 radical (unpaired) electrons. The molecule has 0 aromatic rings. The Bertz CT molecular complexity index is 501. The summed E-state index contributed by atoms with van der Waals surface area (Å²) >= 11 is 0. The summed E-state index contributed by atoms with van der Waals surface area (Å²) in [6.45, 7) is 0.508. The van der Waals surface area contributed by atoms with Crippen LogP contribution in [-0.4, -0.2) is 71.7 Å². The molecule has 0 bridgehead atoms. The van der Waals surface area contributed by atoms with Gasteiger partial charge in [0.2, 0.25) is 11.9 Å². The standard InChI is InChI=1S/C9H16N5O5P/c1-18-8-6-7(12-9(10)13-8)14(4-11-6)2-3-19-5-20(15,16)17/h4,6-7H,2-3,5H2,1H3,(H2,10,12)(H2,15,16,17). The van der Waals surface area contributed by atoms with E-state index in [4.69, 9.17) is 25.0 Å². The van der Waals surface area contributed by atoms with E-state index in [0.717, 1.165) is 0 Å². The molecule has 0 fully saturated rings. The summed E-state index contributed by atoms with van der Waals surface area (Å²) < 4.78 is 20.7. The fourth-order valence-corrected chi connectivity index (χ4v) is 2.24. The van der Waals surface area contributed by atoms with Crippen molar-refractivity contribution < 1.29 is 23.8 Å². The maximum absolute atomic E-state index is 10.6. The Morgan fingerprint density at radius 2 is 2.30 bits per heavy atom. The first-order valence-corrected chi connectivity index (χ1v) is 7.57. The van der Waals surface area contributed by atoms with E-state index in [1.165, 1.54) is 7.11 Å². The van der Waals surface area contributed by atoms with Gasteiger partial charge in [-0.2, -0.15) is 4.99 Å². The van der Waals surface area contributed by atoms with Crippen LogP contribution in [0.1, 0.15) is 0 Å². The van der Waals surface area contributed by atoms with Gasteiger partial charge in [-0.3, -0.25) is 9.56 Å². The lowest BCUT2D eigenvalue weighted by Gasteiger charge is -2.27. The van der Waals surface area contributed by atoms with Crippen molar-refractivity contribution in [3.63, 3.8) is 0 Å². The molecule has 2 atom stereocenters. The normalized spacial score (nSPS) is 25.2. The molecule has 0 aromatic carbocycles. The number of fused-ring (bicyclic) bond motifs is 1. The minimum Gasteiger partial charge on any atom is -0.482 e. The molecule has 112 valence electrons. The summed E-state index contributed by atoms with van der Waals surface area (Å²) in [7, 11) is -2.66. The lowest BCUT2D eigenvalue weighted by molar-refractivity contribution is 0.135. The molecule has 0 aliphatic carbocycles. The fourth-order valence-electron chi connectivity index (χ4n) is 1.87. The summed E-state index contributed by atoms with van der Waals surface area (Å²) in [6, 6.07) is -0.353. The summed E-state index contributed by atoms with van der Waals surface area (Å²) in [5.74, 6) is 0.493. The molecule has 2 unspecified atom stereocenters. The minimum atomic E-state index is -4.14. The first-order valence-electron chi connectivity index (χ1n) is 5.78. The zero-order valence-electron chi connectivity index (χ0n) is 10.8. The van der Waals surface area contributed by atoms with Crippen LogP contribution in [0.3, 0.4) is 0 Å². The van der Waals surface area contributed by atoms with Crippen LogP contribution in [0.15, 0.2) is 15.0 Å². The van der Waals surface area contributed by atoms with Crippen molar-refractivity contribution in [3.05, 3.63) is 0 Å². The van der Waals surface area contributed by atoms with Crippen LogP contribution in [0.25, 0.3) is 0 Å². The molecule has 4 N–H and O–H groups in total. The number of nitrogens with zero attached hydrogens (tertiary/aromatic N) is 4. The smallest absolute Gasteiger partial charge is 0.350 e. The second-order valence-corrected chi connectivity index (χ2v) is 5.79. The molecular formula is C9H16N5O5P. The van der Waals surface area contributed by atoms with Crippen molar-refractivity contribution in [1.82, 2.24) is 4.90 Å². The fraction of sp³-hybridized carbons (Fsp3) is 0.667. The number of hydrogen-bond donors (Lipinski definition) is 3. The van der Waals surface area contributed by atoms with E-state index < -0.39 is 13.9 Å². The Labute approximate surface area is 115 Å². The van der Waals surface area contributed by atoms with Crippen molar-refractivity contribution in [1.29, 1.82) is 0 Å². The van der Waals surface area contributed by atoms with Gasteiger partial charge in [-0.1, -0.05) is 0 Å². The quantitative estimate of drug-likeness (QED) is 0.416. The monoisotopic (exact) mass is 305 g/mol. The van der Waals surface area contributed by atoms with Gasteiger partial charge in [-0.15, -0.1) is 0 Å². The molecule has 0 saturated carbocycles. The van der Waals surface area contributed by atoms with E-state index in [0.29, 0.717) is 12.4 Å². The van der Waals surface area contributed by atoms with Crippen LogP contribution >= 0.6 is 7.60 Å². The number of nitrogens with two attached hydrogens (primary N) is 1. The third kappa shape index (κ3) is 3.54. The number of ether oxygens (including phenoxy) is 2. The lowest BCUT2D eigenvalue weighted by atomic mass is 10.2. The maximum atomic E-state index is 10.6. The topological polar surface area (TPSA) is 142 Å². The van der Waals surface area contributed by atoms with Gasteiger partial charge in [0.15, 0.2) is 12.2 Å². The third-order valence-electron chi connectivity index (χ3n) is 2.70. The molecule has 0 spiro atoms. The zero-order chi connectivity index (χ0) is 14.8. The summed E-state index contributed by atoms with van der Waals surface area (Å²) in [6.07, 6.45) is 0.607. The van der Waals surface area contributed by atoms with Crippen LogP contribution in [0.4, 0.5) is 0 Å². The SMILES string of the molecule is COC1=NC(N)=NC2C1N=CN2CCOCP(=O)(O)O. The number of aliphatic imine (C=N–C) groups is 3. The average Bonchev–Trinajstić information content (AvgIpc) is 2.75. The molecule has 20 heavy (non-hydrogen) atoms. The van der Waals surface area contributed by atoms with Gasteiger partial charge in [0.25, 0.3) is 0 Å². The minimum absolute atomic E-state index is 0.106. The van der Waals surface area contributed by atoms with E-state index in [-0.39, 0.29) is 24.8 Å². The van der Waals surface area contributed by atoms with E-state index in [1.54, 1.807) is 11.2 Å². The second-order valence-electron chi connectivity index (χ2n) is 4.20. The van der Waals surface area contributed by atoms with Crippen molar-refractivity contribution in [3.8, 4) is 0 Å². The van der Waals surface area contributed by atoms with Gasteiger partial charge >= 0.3 is 7.60 Å². The van der Waals surface area contributed by atoms with Gasteiger partial charge in [0, 0.05) is 6.54 Å². The Morgan fingerprint density at radius 1 is 1.55 bits per heavy atom. The number of methoxy groups -OCH3 is 1. The van der Waals surface area contributed by atoms with Crippen molar-refractivity contribution >= 4 is 25.8 Å². The Balaban J connectivity index is 1.88.